The average molecular weight is 307 g/mol. The zero-order chi connectivity index (χ0) is 15.7. The van der Waals surface area contributed by atoms with Crippen LogP contribution >= 0.6 is 12.6 Å². The van der Waals surface area contributed by atoms with E-state index in [1.165, 1.54) is 0 Å². The van der Waals surface area contributed by atoms with Crippen molar-refractivity contribution in [3.63, 3.8) is 0 Å². The molecular formula is C15H22BNO3S. The van der Waals surface area contributed by atoms with E-state index in [0.717, 1.165) is 16.8 Å². The monoisotopic (exact) mass is 307 g/mol. The Morgan fingerprint density at radius 3 is 2.48 bits per heavy atom. The molecule has 21 heavy (non-hydrogen) atoms. The van der Waals surface area contributed by atoms with Crippen molar-refractivity contribution < 1.29 is 14.0 Å². The molecule has 0 bridgehead atoms. The molecule has 2 heterocycles. The second-order valence-electron chi connectivity index (χ2n) is 6.08. The van der Waals surface area contributed by atoms with Gasteiger partial charge in [-0.2, -0.15) is 12.6 Å². The molecule has 2 rings (SSSR count). The van der Waals surface area contributed by atoms with Gasteiger partial charge in [-0.05, 0) is 39.2 Å². The summed E-state index contributed by atoms with van der Waals surface area (Å²) in [7, 11) is 1.24. The van der Waals surface area contributed by atoms with Gasteiger partial charge in [0.2, 0.25) is 0 Å². The molecule has 1 fully saturated rings. The minimum absolute atomic E-state index is 0.362. The largest absolute Gasteiger partial charge is 0.496 e. The molecule has 0 aliphatic carbocycles. The number of methoxy groups -OCH3 is 1. The van der Waals surface area contributed by atoms with E-state index in [4.69, 9.17) is 14.0 Å². The lowest BCUT2D eigenvalue weighted by Crippen LogP contribution is -2.41. The molecule has 1 aromatic rings. The Morgan fingerprint density at radius 2 is 1.95 bits per heavy atom. The summed E-state index contributed by atoms with van der Waals surface area (Å²) >= 11 is 4.41. The normalized spacial score (nSPS) is 20.7. The highest BCUT2D eigenvalue weighted by molar-refractivity contribution is 7.80. The first-order valence-corrected chi connectivity index (χ1v) is 7.59. The molecule has 1 aliphatic rings. The van der Waals surface area contributed by atoms with Crippen molar-refractivity contribution >= 4 is 25.8 Å². The van der Waals surface area contributed by atoms with Gasteiger partial charge in [0, 0.05) is 23.7 Å². The molecule has 1 aliphatic heterocycles. The minimum atomic E-state index is -0.405. The number of pyridine rings is 1. The first-order chi connectivity index (χ1) is 9.80. The average Bonchev–Trinajstić information content (AvgIpc) is 2.65. The zero-order valence-electron chi connectivity index (χ0n) is 13.2. The summed E-state index contributed by atoms with van der Waals surface area (Å²) in [5.41, 5.74) is 1.11. The molecule has 0 spiro atoms. The molecule has 0 unspecified atom stereocenters. The van der Waals surface area contributed by atoms with Crippen molar-refractivity contribution in [2.45, 2.75) is 38.9 Å². The van der Waals surface area contributed by atoms with Crippen molar-refractivity contribution in [2.24, 2.45) is 0 Å². The fourth-order valence-electron chi connectivity index (χ4n) is 2.07. The number of hydrogen-bond acceptors (Lipinski definition) is 5. The Balaban J connectivity index is 2.31. The third-order valence-corrected chi connectivity index (χ3v) is 4.47. The number of thiol groups is 1. The third kappa shape index (κ3) is 3.28. The van der Waals surface area contributed by atoms with Gasteiger partial charge < -0.3 is 14.0 Å². The summed E-state index contributed by atoms with van der Waals surface area (Å²) in [5.74, 6) is 1.30. The Labute approximate surface area is 132 Å². The zero-order valence-corrected chi connectivity index (χ0v) is 14.1. The Kier molecular flexibility index (Phi) is 4.71. The number of rotatable bonds is 4. The Morgan fingerprint density at radius 1 is 1.33 bits per heavy atom. The first kappa shape index (κ1) is 16.4. The van der Waals surface area contributed by atoms with Crippen molar-refractivity contribution in [2.75, 3.05) is 12.9 Å². The van der Waals surface area contributed by atoms with E-state index < -0.39 is 7.12 Å². The van der Waals surface area contributed by atoms with Gasteiger partial charge in [0.25, 0.3) is 0 Å². The first-order valence-electron chi connectivity index (χ1n) is 6.95. The summed E-state index contributed by atoms with van der Waals surface area (Å²) in [6.45, 7) is 8.14. The van der Waals surface area contributed by atoms with Gasteiger partial charge in [0.15, 0.2) is 0 Å². The molecule has 0 N–H and O–H groups in total. The van der Waals surface area contributed by atoms with Gasteiger partial charge in [0.05, 0.1) is 18.3 Å². The van der Waals surface area contributed by atoms with Crippen LogP contribution in [0.15, 0.2) is 23.9 Å². The summed E-state index contributed by atoms with van der Waals surface area (Å²) < 4.78 is 17.5. The lowest BCUT2D eigenvalue weighted by molar-refractivity contribution is 0.00578. The molecule has 0 amide bonds. The summed E-state index contributed by atoms with van der Waals surface area (Å²) in [5, 5.41) is 0. The standard InChI is InChI=1S/C15H22BNO3S/c1-14(2)15(3,4)20-16(19-14)12(10-21)8-11-9-17-7-6-13(11)18-5/h6-9,21H,10H2,1-5H3. The van der Waals surface area contributed by atoms with E-state index in [-0.39, 0.29) is 11.2 Å². The van der Waals surface area contributed by atoms with Gasteiger partial charge in [0.1, 0.15) is 5.75 Å². The van der Waals surface area contributed by atoms with Crippen molar-refractivity contribution in [3.8, 4) is 5.75 Å². The molecule has 0 radical (unpaired) electrons. The third-order valence-electron chi connectivity index (χ3n) is 4.11. The van der Waals surface area contributed by atoms with Crippen LogP contribution < -0.4 is 4.74 Å². The quantitative estimate of drug-likeness (QED) is 0.686. The van der Waals surface area contributed by atoms with Gasteiger partial charge in [-0.1, -0.05) is 6.08 Å². The maximum atomic E-state index is 6.06. The van der Waals surface area contributed by atoms with Crippen LogP contribution in [0, 0.1) is 0 Å². The highest BCUT2D eigenvalue weighted by Crippen LogP contribution is 2.39. The smallest absolute Gasteiger partial charge is 0.491 e. The van der Waals surface area contributed by atoms with E-state index >= 15 is 0 Å². The molecule has 0 aromatic carbocycles. The maximum absolute atomic E-state index is 6.06. The summed E-state index contributed by atoms with van der Waals surface area (Å²) in [6.07, 6.45) is 5.43. The molecule has 114 valence electrons. The van der Waals surface area contributed by atoms with Crippen LogP contribution in [-0.4, -0.2) is 36.2 Å². The lowest BCUT2D eigenvalue weighted by atomic mass is 9.78. The predicted octanol–water partition coefficient (Wildman–Crippen LogP) is 3.03. The SMILES string of the molecule is COc1ccncc1C=C(CS)B1OC(C)(C)C(C)(C)O1. The lowest BCUT2D eigenvalue weighted by Gasteiger charge is -2.32. The van der Waals surface area contributed by atoms with E-state index in [1.807, 2.05) is 39.8 Å². The molecule has 6 heteroatoms. The summed E-state index contributed by atoms with van der Waals surface area (Å²) in [6, 6.07) is 1.83. The van der Waals surface area contributed by atoms with Gasteiger partial charge >= 0.3 is 7.12 Å². The minimum Gasteiger partial charge on any atom is -0.496 e. The van der Waals surface area contributed by atoms with Crippen LogP contribution in [0.1, 0.15) is 33.3 Å². The van der Waals surface area contributed by atoms with Crippen LogP contribution in [-0.2, 0) is 9.31 Å². The van der Waals surface area contributed by atoms with Crippen molar-refractivity contribution in [1.29, 1.82) is 0 Å². The number of ether oxygens (including phenoxy) is 1. The fourth-order valence-corrected chi connectivity index (χ4v) is 2.31. The second-order valence-corrected chi connectivity index (χ2v) is 6.40. The van der Waals surface area contributed by atoms with Gasteiger partial charge in [-0.3, -0.25) is 4.98 Å². The number of hydrogen-bond donors (Lipinski definition) is 1. The van der Waals surface area contributed by atoms with Crippen LogP contribution in [0.5, 0.6) is 5.75 Å². The maximum Gasteiger partial charge on any atom is 0.491 e. The molecule has 0 saturated carbocycles. The highest BCUT2D eigenvalue weighted by atomic mass is 32.1. The predicted molar refractivity (Wildman–Crippen MR) is 88.7 cm³/mol. The molecular weight excluding hydrogens is 285 g/mol. The molecule has 0 atom stereocenters. The van der Waals surface area contributed by atoms with Gasteiger partial charge in [-0.15, -0.1) is 0 Å². The molecule has 1 saturated heterocycles. The Bertz CT molecular complexity index is 529. The number of nitrogens with zero attached hydrogens (tertiary/aromatic N) is 1. The summed E-state index contributed by atoms with van der Waals surface area (Å²) in [4.78, 5) is 4.13. The number of aromatic nitrogens is 1. The Hall–Kier alpha value is -0.975. The van der Waals surface area contributed by atoms with Crippen LogP contribution in [0.25, 0.3) is 6.08 Å². The van der Waals surface area contributed by atoms with Crippen LogP contribution in [0.2, 0.25) is 0 Å². The second kappa shape index (κ2) is 6.03. The van der Waals surface area contributed by atoms with Crippen LogP contribution in [0.4, 0.5) is 0 Å². The fraction of sp³-hybridized carbons (Fsp3) is 0.533. The van der Waals surface area contributed by atoms with Gasteiger partial charge in [-0.25, -0.2) is 0 Å². The highest BCUT2D eigenvalue weighted by Gasteiger charge is 2.52. The molecule has 1 aromatic heterocycles. The topological polar surface area (TPSA) is 40.6 Å². The molecule has 4 nitrogen and oxygen atoms in total. The van der Waals surface area contributed by atoms with Crippen molar-refractivity contribution in [3.05, 3.63) is 29.5 Å². The van der Waals surface area contributed by atoms with E-state index in [9.17, 15) is 0 Å². The van der Waals surface area contributed by atoms with E-state index in [2.05, 4.69) is 17.6 Å². The van der Waals surface area contributed by atoms with Crippen molar-refractivity contribution in [1.82, 2.24) is 4.98 Å². The van der Waals surface area contributed by atoms with Crippen LogP contribution in [0.3, 0.4) is 0 Å². The van der Waals surface area contributed by atoms with E-state index in [1.54, 1.807) is 19.5 Å². The van der Waals surface area contributed by atoms with E-state index in [0.29, 0.717) is 5.75 Å².